The van der Waals surface area contributed by atoms with Crippen molar-refractivity contribution in [3.8, 4) is 0 Å². The first kappa shape index (κ1) is 12.6. The van der Waals surface area contributed by atoms with Gasteiger partial charge in [0, 0.05) is 6.04 Å². The van der Waals surface area contributed by atoms with E-state index in [1.807, 2.05) is 44.2 Å². The van der Waals surface area contributed by atoms with Gasteiger partial charge >= 0.3 is 0 Å². The number of hydrogen-bond acceptors (Lipinski definition) is 3. The Kier molecular flexibility index (Phi) is 5.45. The number of nitrogens with one attached hydrogen (secondary N) is 3. The molecule has 4 nitrogen and oxygen atoms in total. The van der Waals surface area contributed by atoms with E-state index in [0.717, 1.165) is 5.56 Å². The van der Waals surface area contributed by atoms with Crippen LogP contribution in [0.4, 0.5) is 0 Å². The van der Waals surface area contributed by atoms with E-state index in [2.05, 4.69) is 21.4 Å². The minimum Gasteiger partial charge on any atom is -0.297 e. The van der Waals surface area contributed by atoms with Crippen LogP contribution in [0.3, 0.4) is 0 Å². The van der Waals surface area contributed by atoms with Crippen LogP contribution in [-0.4, -0.2) is 17.4 Å². The van der Waals surface area contributed by atoms with Crippen molar-refractivity contribution in [2.24, 2.45) is 5.10 Å². The van der Waals surface area contributed by atoms with Gasteiger partial charge < -0.3 is 0 Å². The predicted octanol–water partition coefficient (Wildman–Crippen LogP) is 1.40. The zero-order valence-electron chi connectivity index (χ0n) is 9.40. The largest absolute Gasteiger partial charge is 0.297 e. The van der Waals surface area contributed by atoms with Crippen LogP contribution in [0.25, 0.3) is 0 Å². The van der Waals surface area contributed by atoms with Crippen LogP contribution in [0.5, 0.6) is 0 Å². The molecule has 16 heavy (non-hydrogen) atoms. The Balaban J connectivity index is 2.29. The minimum atomic E-state index is 0.317. The summed E-state index contributed by atoms with van der Waals surface area (Å²) in [5.41, 5.74) is 9.53. The van der Waals surface area contributed by atoms with Gasteiger partial charge in [0.2, 0.25) is 5.11 Å². The van der Waals surface area contributed by atoms with E-state index in [-0.39, 0.29) is 0 Å². The van der Waals surface area contributed by atoms with Gasteiger partial charge in [-0.2, -0.15) is 5.10 Å². The fourth-order valence-corrected chi connectivity index (χ4v) is 1.05. The molecule has 0 unspecified atom stereocenters. The Morgan fingerprint density at radius 1 is 1.31 bits per heavy atom. The first-order chi connectivity index (χ1) is 7.68. The SMILES string of the molecule is CC(C)NNC(=S)N/N=C/c1ccccc1. The van der Waals surface area contributed by atoms with Gasteiger partial charge in [0.05, 0.1) is 6.21 Å². The molecule has 0 aliphatic carbocycles. The van der Waals surface area contributed by atoms with Gasteiger partial charge in [0.1, 0.15) is 0 Å². The van der Waals surface area contributed by atoms with Gasteiger partial charge in [-0.1, -0.05) is 30.3 Å². The predicted molar refractivity (Wildman–Crippen MR) is 71.2 cm³/mol. The molecule has 0 aliphatic heterocycles. The van der Waals surface area contributed by atoms with E-state index in [9.17, 15) is 0 Å². The van der Waals surface area contributed by atoms with Crippen LogP contribution in [0.15, 0.2) is 35.4 Å². The number of benzene rings is 1. The van der Waals surface area contributed by atoms with E-state index in [1.54, 1.807) is 6.21 Å². The summed E-state index contributed by atoms with van der Waals surface area (Å²) in [5, 5.41) is 4.45. The molecule has 0 aliphatic rings. The zero-order valence-corrected chi connectivity index (χ0v) is 10.2. The number of hydrazine groups is 1. The van der Waals surface area contributed by atoms with Crippen molar-refractivity contribution in [1.82, 2.24) is 16.3 Å². The molecule has 1 rings (SSSR count). The lowest BCUT2D eigenvalue weighted by Crippen LogP contribution is -2.45. The van der Waals surface area contributed by atoms with E-state index in [4.69, 9.17) is 12.2 Å². The highest BCUT2D eigenvalue weighted by Crippen LogP contribution is 1.92. The van der Waals surface area contributed by atoms with Crippen LogP contribution in [-0.2, 0) is 0 Å². The standard InChI is InChI=1S/C11H16N4S/c1-9(2)13-15-11(16)14-12-8-10-6-4-3-5-7-10/h3-9,13H,1-2H3,(H2,14,15,16)/b12-8+. The highest BCUT2D eigenvalue weighted by Gasteiger charge is 1.93. The van der Waals surface area contributed by atoms with E-state index < -0.39 is 0 Å². The summed E-state index contributed by atoms with van der Waals surface area (Å²) in [6, 6.07) is 10.1. The second kappa shape index (κ2) is 6.92. The van der Waals surface area contributed by atoms with Gasteiger partial charge in [-0.3, -0.25) is 10.9 Å². The number of thiocarbonyl (C=S) groups is 1. The summed E-state index contributed by atoms with van der Waals surface area (Å²) < 4.78 is 0. The monoisotopic (exact) mass is 236 g/mol. The summed E-state index contributed by atoms with van der Waals surface area (Å²) in [4.78, 5) is 0. The average Bonchev–Trinajstić information content (AvgIpc) is 2.28. The van der Waals surface area contributed by atoms with Gasteiger partial charge in [-0.05, 0) is 31.6 Å². The molecule has 0 bridgehead atoms. The molecule has 86 valence electrons. The quantitative estimate of drug-likeness (QED) is 0.420. The molecule has 0 spiro atoms. The normalized spacial score (nSPS) is 10.7. The van der Waals surface area contributed by atoms with E-state index in [1.165, 1.54) is 0 Å². The van der Waals surface area contributed by atoms with Crippen molar-refractivity contribution in [3.63, 3.8) is 0 Å². The van der Waals surface area contributed by atoms with Crippen molar-refractivity contribution < 1.29 is 0 Å². The molecule has 1 aromatic carbocycles. The zero-order chi connectivity index (χ0) is 11.8. The fraction of sp³-hybridized carbons (Fsp3) is 0.273. The fourth-order valence-electron chi connectivity index (χ4n) is 0.942. The average molecular weight is 236 g/mol. The van der Waals surface area contributed by atoms with E-state index in [0.29, 0.717) is 11.2 Å². The third kappa shape index (κ3) is 5.43. The maximum Gasteiger partial charge on any atom is 0.201 e. The van der Waals surface area contributed by atoms with Gasteiger partial charge in [0.15, 0.2) is 0 Å². The molecule has 0 fully saturated rings. The molecule has 0 atom stereocenters. The number of hydrogen-bond donors (Lipinski definition) is 3. The Labute approximate surface area is 101 Å². The lowest BCUT2D eigenvalue weighted by Gasteiger charge is -2.10. The van der Waals surface area contributed by atoms with Gasteiger partial charge in [-0.15, -0.1) is 0 Å². The van der Waals surface area contributed by atoms with Crippen LogP contribution < -0.4 is 16.3 Å². The first-order valence-corrected chi connectivity index (χ1v) is 5.49. The number of nitrogens with zero attached hydrogens (tertiary/aromatic N) is 1. The molecule has 0 saturated carbocycles. The Morgan fingerprint density at radius 2 is 2.00 bits per heavy atom. The topological polar surface area (TPSA) is 48.4 Å². The number of rotatable bonds is 4. The van der Waals surface area contributed by atoms with Crippen LogP contribution in [0.1, 0.15) is 19.4 Å². The minimum absolute atomic E-state index is 0.317. The first-order valence-electron chi connectivity index (χ1n) is 5.08. The summed E-state index contributed by atoms with van der Waals surface area (Å²) in [7, 11) is 0. The summed E-state index contributed by atoms with van der Waals surface area (Å²) in [6.07, 6.45) is 1.71. The van der Waals surface area contributed by atoms with Crippen LogP contribution in [0, 0.1) is 0 Å². The second-order valence-corrected chi connectivity index (χ2v) is 3.94. The molecule has 1 aromatic rings. The molecule has 0 aromatic heterocycles. The molecular weight excluding hydrogens is 220 g/mol. The van der Waals surface area contributed by atoms with Crippen molar-refractivity contribution in [2.75, 3.05) is 0 Å². The van der Waals surface area contributed by atoms with Crippen molar-refractivity contribution in [3.05, 3.63) is 35.9 Å². The van der Waals surface area contributed by atoms with Gasteiger partial charge in [-0.25, -0.2) is 5.43 Å². The molecule has 3 N–H and O–H groups in total. The smallest absolute Gasteiger partial charge is 0.201 e. The summed E-state index contributed by atoms with van der Waals surface area (Å²) in [5.74, 6) is 0. The highest BCUT2D eigenvalue weighted by atomic mass is 32.1. The third-order valence-electron chi connectivity index (χ3n) is 1.65. The molecule has 0 heterocycles. The van der Waals surface area contributed by atoms with Crippen molar-refractivity contribution in [2.45, 2.75) is 19.9 Å². The Morgan fingerprint density at radius 3 is 2.62 bits per heavy atom. The number of hydrazone groups is 1. The second-order valence-electron chi connectivity index (χ2n) is 3.53. The molecule has 0 radical (unpaired) electrons. The molecule has 5 heteroatoms. The van der Waals surface area contributed by atoms with Crippen molar-refractivity contribution in [1.29, 1.82) is 0 Å². The maximum absolute atomic E-state index is 4.99. The van der Waals surface area contributed by atoms with Crippen molar-refractivity contribution >= 4 is 23.5 Å². The molecular formula is C11H16N4S. The van der Waals surface area contributed by atoms with Crippen LogP contribution in [0.2, 0.25) is 0 Å². The lowest BCUT2D eigenvalue weighted by molar-refractivity contribution is 0.554. The summed E-state index contributed by atoms with van der Waals surface area (Å²) >= 11 is 4.99. The Bertz CT molecular complexity index is 348. The molecule has 0 amide bonds. The third-order valence-corrected chi connectivity index (χ3v) is 1.85. The summed E-state index contributed by atoms with van der Waals surface area (Å²) in [6.45, 7) is 4.03. The van der Waals surface area contributed by atoms with Crippen LogP contribution >= 0.6 is 12.2 Å². The van der Waals surface area contributed by atoms with Gasteiger partial charge in [0.25, 0.3) is 0 Å². The molecule has 0 saturated heterocycles. The van der Waals surface area contributed by atoms with E-state index >= 15 is 0 Å². The maximum atomic E-state index is 4.99. The lowest BCUT2D eigenvalue weighted by atomic mass is 10.2. The Hall–Kier alpha value is -1.46. The highest BCUT2D eigenvalue weighted by molar-refractivity contribution is 7.80.